The monoisotopic (exact) mass is 290 g/mol. The van der Waals surface area contributed by atoms with E-state index in [1.54, 1.807) is 23.5 Å². The first-order chi connectivity index (χ1) is 9.79. The normalized spacial score (nSPS) is 15.4. The molecule has 1 unspecified atom stereocenters. The van der Waals surface area contributed by atoms with Crippen LogP contribution in [0, 0.1) is 5.82 Å². The summed E-state index contributed by atoms with van der Waals surface area (Å²) in [6, 6.07) is 9.87. The summed E-state index contributed by atoms with van der Waals surface area (Å²) in [7, 11) is 1.98. The van der Waals surface area contributed by atoms with Gasteiger partial charge in [0.05, 0.1) is 6.04 Å². The van der Waals surface area contributed by atoms with Crippen LogP contribution in [0.25, 0.3) is 0 Å². The molecule has 106 valence electrons. The zero-order valence-corrected chi connectivity index (χ0v) is 12.4. The molecule has 4 heteroatoms. The average Bonchev–Trinajstić information content (AvgIpc) is 3.09. The fraction of sp³-hybridized carbons (Fsp3) is 0.375. The van der Waals surface area contributed by atoms with Gasteiger partial charge in [-0.25, -0.2) is 4.39 Å². The first kappa shape index (κ1) is 13.6. The number of benzene rings is 1. The molecule has 1 aliphatic heterocycles. The van der Waals surface area contributed by atoms with E-state index in [2.05, 4.69) is 27.7 Å². The number of nitrogens with one attached hydrogen (secondary N) is 1. The maximum Gasteiger partial charge on any atom is 0.123 e. The molecule has 3 rings (SSSR count). The molecule has 0 amide bonds. The molecule has 0 saturated heterocycles. The fourth-order valence-corrected chi connectivity index (χ4v) is 3.81. The molecule has 1 atom stereocenters. The molecular formula is C16H19FN2S. The van der Waals surface area contributed by atoms with Crippen molar-refractivity contribution in [3.8, 4) is 0 Å². The van der Waals surface area contributed by atoms with Gasteiger partial charge >= 0.3 is 0 Å². The van der Waals surface area contributed by atoms with Gasteiger partial charge in [0, 0.05) is 17.1 Å². The number of rotatable bonds is 5. The summed E-state index contributed by atoms with van der Waals surface area (Å²) in [5.41, 5.74) is 2.33. The number of hydrogen-bond donors (Lipinski definition) is 1. The van der Waals surface area contributed by atoms with Crippen molar-refractivity contribution in [1.29, 1.82) is 0 Å². The highest BCUT2D eigenvalue weighted by atomic mass is 32.1. The average molecular weight is 290 g/mol. The highest BCUT2D eigenvalue weighted by molar-refractivity contribution is 7.10. The minimum atomic E-state index is -0.131. The van der Waals surface area contributed by atoms with Gasteiger partial charge in [0.25, 0.3) is 0 Å². The summed E-state index contributed by atoms with van der Waals surface area (Å²) >= 11 is 1.80. The van der Waals surface area contributed by atoms with Crippen LogP contribution < -0.4 is 10.2 Å². The van der Waals surface area contributed by atoms with E-state index in [1.165, 1.54) is 10.6 Å². The summed E-state index contributed by atoms with van der Waals surface area (Å²) in [6.07, 6.45) is 2.00. The van der Waals surface area contributed by atoms with Crippen molar-refractivity contribution in [3.05, 3.63) is 52.0 Å². The summed E-state index contributed by atoms with van der Waals surface area (Å²) in [6.45, 7) is 1.96. The zero-order chi connectivity index (χ0) is 13.9. The number of thiophene rings is 1. The van der Waals surface area contributed by atoms with Crippen LogP contribution in [0.5, 0.6) is 0 Å². The van der Waals surface area contributed by atoms with Crippen molar-refractivity contribution < 1.29 is 4.39 Å². The van der Waals surface area contributed by atoms with Crippen LogP contribution in [0.15, 0.2) is 35.7 Å². The molecule has 1 aromatic heterocycles. The first-order valence-electron chi connectivity index (χ1n) is 7.02. The van der Waals surface area contributed by atoms with E-state index < -0.39 is 0 Å². The van der Waals surface area contributed by atoms with Crippen molar-refractivity contribution in [2.24, 2.45) is 0 Å². The van der Waals surface area contributed by atoms with Crippen LogP contribution in [0.1, 0.15) is 22.9 Å². The van der Waals surface area contributed by atoms with Crippen molar-refractivity contribution in [3.63, 3.8) is 0 Å². The van der Waals surface area contributed by atoms with Gasteiger partial charge in [0.1, 0.15) is 5.82 Å². The van der Waals surface area contributed by atoms with Gasteiger partial charge in [-0.1, -0.05) is 6.07 Å². The number of fused-ring (bicyclic) bond motifs is 1. The van der Waals surface area contributed by atoms with Crippen LogP contribution in [-0.4, -0.2) is 20.1 Å². The lowest BCUT2D eigenvalue weighted by atomic mass is 10.1. The smallest absolute Gasteiger partial charge is 0.123 e. The maximum absolute atomic E-state index is 13.3. The highest BCUT2D eigenvalue weighted by Gasteiger charge is 2.27. The molecule has 1 aromatic carbocycles. The predicted molar refractivity (Wildman–Crippen MR) is 83.1 cm³/mol. The van der Waals surface area contributed by atoms with Crippen LogP contribution in [0.3, 0.4) is 0 Å². The lowest BCUT2D eigenvalue weighted by Gasteiger charge is -2.30. The molecule has 2 aromatic rings. The lowest BCUT2D eigenvalue weighted by Crippen LogP contribution is -2.28. The maximum atomic E-state index is 13.3. The van der Waals surface area contributed by atoms with Crippen LogP contribution in [0.4, 0.5) is 10.1 Å². The SMILES string of the molecule is CNCCC(c1cccs1)N1CCc2cc(F)ccc21. The number of nitrogens with zero attached hydrogens (tertiary/aromatic N) is 1. The molecule has 2 heterocycles. The highest BCUT2D eigenvalue weighted by Crippen LogP contribution is 2.38. The topological polar surface area (TPSA) is 15.3 Å². The second-order valence-corrected chi connectivity index (χ2v) is 6.12. The van der Waals surface area contributed by atoms with Crippen molar-refractivity contribution >= 4 is 17.0 Å². The van der Waals surface area contributed by atoms with Crippen molar-refractivity contribution in [2.45, 2.75) is 18.9 Å². The zero-order valence-electron chi connectivity index (χ0n) is 11.6. The Morgan fingerprint density at radius 2 is 2.30 bits per heavy atom. The van der Waals surface area contributed by atoms with Gasteiger partial charge in [-0.15, -0.1) is 11.3 Å². The third kappa shape index (κ3) is 2.58. The largest absolute Gasteiger partial charge is 0.363 e. The molecule has 0 spiro atoms. The molecular weight excluding hydrogens is 271 g/mol. The Morgan fingerprint density at radius 3 is 3.05 bits per heavy atom. The molecule has 1 N–H and O–H groups in total. The van der Waals surface area contributed by atoms with Crippen LogP contribution in [-0.2, 0) is 6.42 Å². The second kappa shape index (κ2) is 5.94. The Balaban J connectivity index is 1.90. The minimum absolute atomic E-state index is 0.131. The Bertz CT molecular complexity index is 568. The van der Waals surface area contributed by atoms with Gasteiger partial charge in [0.2, 0.25) is 0 Å². The standard InChI is InChI=1S/C16H19FN2S/c1-18-8-6-15(16-3-2-10-20-16)19-9-7-12-11-13(17)4-5-14(12)19/h2-5,10-11,15,18H,6-9H2,1H3. The van der Waals surface area contributed by atoms with E-state index in [4.69, 9.17) is 0 Å². The molecule has 0 fully saturated rings. The Hall–Kier alpha value is -1.39. The summed E-state index contributed by atoms with van der Waals surface area (Å²) < 4.78 is 13.3. The Labute approximate surface area is 123 Å². The van der Waals surface area contributed by atoms with Gasteiger partial charge in [-0.3, -0.25) is 0 Å². The van der Waals surface area contributed by atoms with Gasteiger partial charge in [0.15, 0.2) is 0 Å². The third-order valence-corrected chi connectivity index (χ3v) is 4.86. The number of hydrogen-bond acceptors (Lipinski definition) is 3. The lowest BCUT2D eigenvalue weighted by molar-refractivity contribution is 0.576. The summed E-state index contributed by atoms with van der Waals surface area (Å²) in [5.74, 6) is -0.131. The van der Waals surface area contributed by atoms with E-state index in [9.17, 15) is 4.39 Å². The predicted octanol–water partition coefficient (Wildman–Crippen LogP) is 3.60. The van der Waals surface area contributed by atoms with Crippen LogP contribution >= 0.6 is 11.3 Å². The first-order valence-corrected chi connectivity index (χ1v) is 7.90. The quantitative estimate of drug-likeness (QED) is 0.905. The van der Waals surface area contributed by atoms with Gasteiger partial charge < -0.3 is 10.2 Å². The second-order valence-electron chi connectivity index (χ2n) is 5.14. The van der Waals surface area contributed by atoms with E-state index in [0.717, 1.165) is 31.5 Å². The van der Waals surface area contributed by atoms with E-state index in [-0.39, 0.29) is 5.82 Å². The van der Waals surface area contributed by atoms with Gasteiger partial charge in [-0.05, 0) is 61.6 Å². The molecule has 0 bridgehead atoms. The number of anilines is 1. The van der Waals surface area contributed by atoms with E-state index in [1.807, 2.05) is 13.1 Å². The molecule has 1 aliphatic rings. The van der Waals surface area contributed by atoms with Crippen LogP contribution in [0.2, 0.25) is 0 Å². The molecule has 0 aliphatic carbocycles. The van der Waals surface area contributed by atoms with E-state index in [0.29, 0.717) is 6.04 Å². The third-order valence-electron chi connectivity index (χ3n) is 3.89. The molecule has 0 saturated carbocycles. The summed E-state index contributed by atoms with van der Waals surface area (Å²) in [4.78, 5) is 3.82. The molecule has 20 heavy (non-hydrogen) atoms. The number of halogens is 1. The Kier molecular flexibility index (Phi) is 4.03. The molecule has 0 radical (unpaired) electrons. The van der Waals surface area contributed by atoms with Gasteiger partial charge in [-0.2, -0.15) is 0 Å². The van der Waals surface area contributed by atoms with Crippen molar-refractivity contribution in [1.82, 2.24) is 5.32 Å². The fourth-order valence-electron chi connectivity index (χ4n) is 2.93. The summed E-state index contributed by atoms with van der Waals surface area (Å²) in [5, 5.41) is 5.36. The Morgan fingerprint density at radius 1 is 1.40 bits per heavy atom. The van der Waals surface area contributed by atoms with Crippen molar-refractivity contribution in [2.75, 3.05) is 25.0 Å². The minimum Gasteiger partial charge on any atom is -0.363 e. The molecule has 2 nitrogen and oxygen atoms in total. The van der Waals surface area contributed by atoms with E-state index >= 15 is 0 Å².